The largest absolute Gasteiger partial charge is 0.310 e. The van der Waals surface area contributed by atoms with Gasteiger partial charge in [-0.1, -0.05) is 177 Å². The van der Waals surface area contributed by atoms with Crippen molar-refractivity contribution in [2.75, 3.05) is 9.80 Å². The number of rotatable bonds is 8. The summed E-state index contributed by atoms with van der Waals surface area (Å²) in [7, 11) is 0. The first-order valence-electron chi connectivity index (χ1n) is 21.8. The van der Waals surface area contributed by atoms with Crippen LogP contribution < -0.4 is 9.80 Å². The molecule has 0 aliphatic heterocycles. The van der Waals surface area contributed by atoms with Crippen molar-refractivity contribution in [1.29, 1.82) is 0 Å². The maximum atomic E-state index is 2.51. The number of hydrogen-bond acceptors (Lipinski definition) is 2. The van der Waals surface area contributed by atoms with Gasteiger partial charge in [-0.3, -0.25) is 0 Å². The second kappa shape index (κ2) is 15.4. The Morgan fingerprint density at radius 3 is 1.18 bits per heavy atom. The molecule has 0 saturated heterocycles. The zero-order valence-electron chi connectivity index (χ0n) is 36.8. The molecule has 302 valence electrons. The number of nitrogens with zero attached hydrogens (tertiary/aromatic N) is 2. The molecule has 0 aromatic heterocycles. The molecule has 0 amide bonds. The van der Waals surface area contributed by atoms with Crippen molar-refractivity contribution >= 4 is 66.4 Å². The van der Waals surface area contributed by atoms with Gasteiger partial charge in [-0.2, -0.15) is 0 Å². The topological polar surface area (TPSA) is 6.48 Å². The second-order valence-electron chi connectivity index (χ2n) is 18.0. The van der Waals surface area contributed by atoms with Gasteiger partial charge in [0.15, 0.2) is 0 Å². The predicted molar refractivity (Wildman–Crippen MR) is 268 cm³/mol. The van der Waals surface area contributed by atoms with Gasteiger partial charge < -0.3 is 9.80 Å². The fourth-order valence-electron chi connectivity index (χ4n) is 9.48. The van der Waals surface area contributed by atoms with Gasteiger partial charge in [0.25, 0.3) is 0 Å². The van der Waals surface area contributed by atoms with Gasteiger partial charge in [-0.15, -0.1) is 0 Å². The molecule has 10 aromatic carbocycles. The molecule has 0 atom stereocenters. The Bertz CT molecular complexity index is 3020. The van der Waals surface area contributed by atoms with Gasteiger partial charge in [0.2, 0.25) is 0 Å². The van der Waals surface area contributed by atoms with E-state index in [-0.39, 0.29) is 5.41 Å². The molecule has 0 fully saturated rings. The Kier molecular flexibility index (Phi) is 9.68. The second-order valence-corrected chi connectivity index (χ2v) is 18.0. The van der Waals surface area contributed by atoms with Crippen LogP contribution in [0.15, 0.2) is 188 Å². The summed E-state index contributed by atoms with van der Waals surface area (Å²) in [6.45, 7) is 15.8. The van der Waals surface area contributed by atoms with E-state index in [9.17, 15) is 0 Å². The van der Waals surface area contributed by atoms with E-state index in [4.69, 9.17) is 0 Å². The number of aryl methyl sites for hydroxylation is 2. The minimum atomic E-state index is 0.00778. The van der Waals surface area contributed by atoms with E-state index in [0.717, 1.165) is 34.1 Å². The Morgan fingerprint density at radius 1 is 0.355 bits per heavy atom. The average Bonchev–Trinajstić information content (AvgIpc) is 3.28. The monoisotopic (exact) mass is 800 g/mol. The van der Waals surface area contributed by atoms with Crippen LogP contribution in [-0.2, 0) is 5.41 Å². The maximum Gasteiger partial charge on any atom is 0.0561 e. The van der Waals surface area contributed by atoms with Crippen LogP contribution in [0, 0.1) is 27.7 Å². The summed E-state index contributed by atoms with van der Waals surface area (Å²) in [5, 5.41) is 7.54. The van der Waals surface area contributed by atoms with Crippen molar-refractivity contribution in [1.82, 2.24) is 0 Å². The Morgan fingerprint density at radius 2 is 0.774 bits per heavy atom. The first kappa shape index (κ1) is 39.0. The normalized spacial score (nSPS) is 11.8. The lowest BCUT2D eigenvalue weighted by atomic mass is 9.83. The number of anilines is 6. The summed E-state index contributed by atoms with van der Waals surface area (Å²) in [4.78, 5) is 5.02. The fourth-order valence-corrected chi connectivity index (χ4v) is 9.48. The first-order valence-corrected chi connectivity index (χ1v) is 21.8. The molecule has 2 nitrogen and oxygen atoms in total. The molecular weight excluding hydrogens is 749 g/mol. The Balaban J connectivity index is 1.35. The van der Waals surface area contributed by atoms with E-state index in [2.05, 4.69) is 246 Å². The maximum absolute atomic E-state index is 2.51. The van der Waals surface area contributed by atoms with E-state index in [1.165, 1.54) is 82.4 Å². The lowest BCUT2D eigenvalue weighted by Crippen LogP contribution is -2.16. The molecule has 0 radical (unpaired) electrons. The zero-order valence-corrected chi connectivity index (χ0v) is 36.8. The highest BCUT2D eigenvalue weighted by Gasteiger charge is 2.27. The molecule has 0 spiro atoms. The fraction of sp³-hybridized carbons (Fsp3) is 0.133. The summed E-state index contributed by atoms with van der Waals surface area (Å²) in [6.07, 6.45) is 0. The third-order valence-electron chi connectivity index (χ3n) is 12.9. The molecule has 10 rings (SSSR count). The molecule has 0 heterocycles. The molecule has 0 N–H and O–H groups in total. The van der Waals surface area contributed by atoms with Crippen molar-refractivity contribution in [3.63, 3.8) is 0 Å². The third kappa shape index (κ3) is 6.77. The van der Waals surface area contributed by atoms with Crippen LogP contribution in [0.25, 0.3) is 54.6 Å². The van der Waals surface area contributed by atoms with Crippen LogP contribution in [-0.4, -0.2) is 0 Å². The predicted octanol–water partition coefficient (Wildman–Crippen LogP) is 17.4. The van der Waals surface area contributed by atoms with Gasteiger partial charge >= 0.3 is 0 Å². The van der Waals surface area contributed by atoms with Crippen LogP contribution in [0.3, 0.4) is 0 Å². The van der Waals surface area contributed by atoms with Crippen molar-refractivity contribution < 1.29 is 0 Å². The molecule has 2 heteroatoms. The Labute approximate surface area is 366 Å². The highest BCUT2D eigenvalue weighted by Crippen LogP contribution is 2.52. The zero-order chi connectivity index (χ0) is 42.7. The molecular formula is C60H52N2. The van der Waals surface area contributed by atoms with Crippen molar-refractivity contribution in [2.24, 2.45) is 0 Å². The van der Waals surface area contributed by atoms with E-state index in [0.29, 0.717) is 0 Å². The van der Waals surface area contributed by atoms with E-state index in [1.807, 2.05) is 0 Å². The van der Waals surface area contributed by atoms with Crippen LogP contribution in [0.1, 0.15) is 48.6 Å². The van der Waals surface area contributed by atoms with Gasteiger partial charge in [-0.25, -0.2) is 0 Å². The quantitative estimate of drug-likeness (QED) is 0.141. The molecule has 10 aromatic rings. The summed E-state index contributed by atoms with van der Waals surface area (Å²) >= 11 is 0. The highest BCUT2D eigenvalue weighted by atomic mass is 15.2. The summed E-state index contributed by atoms with van der Waals surface area (Å²) < 4.78 is 0. The number of hydrogen-bond donors (Lipinski definition) is 0. The lowest BCUT2D eigenvalue weighted by molar-refractivity contribution is 0.591. The van der Waals surface area contributed by atoms with Crippen molar-refractivity contribution in [3.8, 4) is 22.3 Å². The summed E-state index contributed by atoms with van der Waals surface area (Å²) in [5.74, 6) is 0. The number of benzene rings is 10. The molecule has 0 saturated carbocycles. The van der Waals surface area contributed by atoms with Crippen molar-refractivity contribution in [2.45, 2.75) is 53.9 Å². The third-order valence-corrected chi connectivity index (χ3v) is 12.9. The Hall–Kier alpha value is -7.16. The smallest absolute Gasteiger partial charge is 0.0561 e. The van der Waals surface area contributed by atoms with Crippen LogP contribution in [0.4, 0.5) is 34.1 Å². The highest BCUT2D eigenvalue weighted by molar-refractivity contribution is 6.29. The summed E-state index contributed by atoms with van der Waals surface area (Å²) in [6, 6.07) is 69.9. The minimum absolute atomic E-state index is 0.00778. The van der Waals surface area contributed by atoms with Gasteiger partial charge in [-0.05, 0) is 131 Å². The molecule has 0 unspecified atom stereocenters. The molecule has 0 aliphatic rings. The van der Waals surface area contributed by atoms with Crippen LogP contribution >= 0.6 is 0 Å². The molecule has 62 heavy (non-hydrogen) atoms. The first-order chi connectivity index (χ1) is 30.0. The minimum Gasteiger partial charge on any atom is -0.310 e. The van der Waals surface area contributed by atoms with Gasteiger partial charge in [0, 0.05) is 38.9 Å². The van der Waals surface area contributed by atoms with Gasteiger partial charge in [0.1, 0.15) is 0 Å². The van der Waals surface area contributed by atoms with E-state index in [1.54, 1.807) is 0 Å². The van der Waals surface area contributed by atoms with Crippen molar-refractivity contribution in [3.05, 3.63) is 216 Å². The lowest BCUT2D eigenvalue weighted by Gasteiger charge is -2.34. The average molecular weight is 801 g/mol. The standard InChI is InChI=1S/C60H52N2/c1-39-24-30-48(31-25-39)61(54-22-14-20-50(41(54)3)43-16-10-8-11-17-43)56-38-57(53-35-29-46-37-47(60(5,6)7)36-45-28-34-52(56)59(53)58(45)46)62(49-32-26-40(2)27-33-49)55-23-15-21-51(42(55)4)44-18-12-9-13-19-44/h8-38H,1-7H3. The summed E-state index contributed by atoms with van der Waals surface area (Å²) in [5.41, 5.74) is 17.9. The van der Waals surface area contributed by atoms with E-state index < -0.39 is 0 Å². The molecule has 0 aliphatic carbocycles. The SMILES string of the molecule is Cc1ccc(N(c2cccc(-c3ccccc3)c2C)c2cc(N(c3ccc(C)cc3)c3cccc(-c4ccccc4)c3C)c3ccc4cc(C(C)(C)C)cc5ccc2c3c54)cc1. The van der Waals surface area contributed by atoms with E-state index >= 15 is 0 Å². The van der Waals surface area contributed by atoms with Crippen LogP contribution in [0.5, 0.6) is 0 Å². The van der Waals surface area contributed by atoms with Crippen LogP contribution in [0.2, 0.25) is 0 Å². The van der Waals surface area contributed by atoms with Gasteiger partial charge in [0.05, 0.1) is 11.4 Å². The molecule has 0 bridgehead atoms.